The molecule has 0 aromatic heterocycles. The Kier molecular flexibility index (Phi) is 3.94. The lowest BCUT2D eigenvalue weighted by atomic mass is 9.97. The number of piperidine rings is 1. The standard InChI is InChI=1S/C13H24N2O3/c1-13(17,12(16)18-3)8-15(2)11-6-9-4-5-10(7-11)14-9/h9-11,14,17H,4-8H2,1-3H3. The lowest BCUT2D eigenvalue weighted by Crippen LogP contribution is -2.53. The van der Waals surface area contributed by atoms with Gasteiger partial charge in [-0.05, 0) is 39.7 Å². The number of esters is 1. The maximum atomic E-state index is 11.5. The van der Waals surface area contributed by atoms with Crippen molar-refractivity contribution in [2.75, 3.05) is 20.7 Å². The number of methoxy groups -OCH3 is 1. The molecule has 2 heterocycles. The Hall–Kier alpha value is -0.650. The highest BCUT2D eigenvalue weighted by Crippen LogP contribution is 2.29. The summed E-state index contributed by atoms with van der Waals surface area (Å²) in [7, 11) is 3.29. The molecule has 2 aliphatic heterocycles. The van der Waals surface area contributed by atoms with E-state index in [1.165, 1.54) is 26.9 Å². The number of nitrogens with one attached hydrogen (secondary N) is 1. The van der Waals surface area contributed by atoms with Crippen LogP contribution in [0.4, 0.5) is 0 Å². The summed E-state index contributed by atoms with van der Waals surface area (Å²) in [5.41, 5.74) is -1.42. The van der Waals surface area contributed by atoms with Gasteiger partial charge in [0.25, 0.3) is 0 Å². The zero-order chi connectivity index (χ0) is 13.3. The molecule has 0 aliphatic carbocycles. The largest absolute Gasteiger partial charge is 0.467 e. The molecule has 5 heteroatoms. The third kappa shape index (κ3) is 2.84. The molecule has 0 amide bonds. The van der Waals surface area contributed by atoms with Crippen molar-refractivity contribution < 1.29 is 14.6 Å². The van der Waals surface area contributed by atoms with Crippen LogP contribution in [0.3, 0.4) is 0 Å². The van der Waals surface area contributed by atoms with E-state index in [9.17, 15) is 9.90 Å². The van der Waals surface area contributed by atoms with E-state index in [0.717, 1.165) is 12.8 Å². The normalized spacial score (nSPS) is 34.4. The minimum absolute atomic E-state index is 0.323. The number of nitrogens with zero attached hydrogens (tertiary/aromatic N) is 1. The average molecular weight is 256 g/mol. The summed E-state index contributed by atoms with van der Waals surface area (Å²) in [5.74, 6) is -0.564. The number of likely N-dealkylation sites (N-methyl/N-ethyl adjacent to an activating group) is 1. The quantitative estimate of drug-likeness (QED) is 0.700. The van der Waals surface area contributed by atoms with Crippen molar-refractivity contribution in [1.82, 2.24) is 10.2 Å². The third-order valence-corrected chi connectivity index (χ3v) is 4.25. The first kappa shape index (κ1) is 13.8. The van der Waals surface area contributed by atoms with Crippen molar-refractivity contribution in [3.63, 3.8) is 0 Å². The smallest absolute Gasteiger partial charge is 0.338 e. The molecular formula is C13H24N2O3. The SMILES string of the molecule is COC(=O)C(C)(O)CN(C)C1CC2CCC(C1)N2. The predicted molar refractivity (Wildman–Crippen MR) is 68.2 cm³/mol. The molecule has 5 nitrogen and oxygen atoms in total. The topological polar surface area (TPSA) is 61.8 Å². The van der Waals surface area contributed by atoms with Crippen LogP contribution in [0.15, 0.2) is 0 Å². The fraction of sp³-hybridized carbons (Fsp3) is 0.923. The Morgan fingerprint density at radius 1 is 1.44 bits per heavy atom. The third-order valence-electron chi connectivity index (χ3n) is 4.25. The number of aliphatic hydroxyl groups is 1. The van der Waals surface area contributed by atoms with E-state index in [1.807, 2.05) is 7.05 Å². The van der Waals surface area contributed by atoms with Crippen LogP contribution in [0.2, 0.25) is 0 Å². The average Bonchev–Trinajstić information content (AvgIpc) is 2.66. The molecule has 0 radical (unpaired) electrons. The van der Waals surface area contributed by atoms with Gasteiger partial charge >= 0.3 is 5.97 Å². The van der Waals surface area contributed by atoms with Gasteiger partial charge in [0.2, 0.25) is 0 Å². The van der Waals surface area contributed by atoms with Crippen LogP contribution in [0.5, 0.6) is 0 Å². The van der Waals surface area contributed by atoms with Gasteiger partial charge < -0.3 is 15.2 Å². The number of hydrogen-bond donors (Lipinski definition) is 2. The molecule has 2 rings (SSSR count). The summed E-state index contributed by atoms with van der Waals surface area (Å²) in [4.78, 5) is 13.6. The second-order valence-electron chi connectivity index (χ2n) is 5.94. The Bertz CT molecular complexity index is 307. The van der Waals surface area contributed by atoms with Crippen LogP contribution < -0.4 is 5.32 Å². The van der Waals surface area contributed by atoms with Crippen molar-refractivity contribution in [2.45, 2.75) is 56.3 Å². The minimum atomic E-state index is -1.42. The first-order valence-electron chi connectivity index (χ1n) is 6.69. The number of carbonyl (C=O) groups is 1. The summed E-state index contributed by atoms with van der Waals surface area (Å²) in [6.07, 6.45) is 4.71. The number of ether oxygens (including phenoxy) is 1. The molecule has 2 N–H and O–H groups in total. The van der Waals surface area contributed by atoms with E-state index < -0.39 is 11.6 Å². The van der Waals surface area contributed by atoms with Crippen molar-refractivity contribution in [2.24, 2.45) is 0 Å². The molecule has 104 valence electrons. The highest BCUT2D eigenvalue weighted by Gasteiger charge is 2.39. The lowest BCUT2D eigenvalue weighted by Gasteiger charge is -2.38. The van der Waals surface area contributed by atoms with Gasteiger partial charge in [-0.3, -0.25) is 4.90 Å². The van der Waals surface area contributed by atoms with Gasteiger partial charge in [0.15, 0.2) is 5.60 Å². The monoisotopic (exact) mass is 256 g/mol. The van der Waals surface area contributed by atoms with Crippen molar-refractivity contribution in [3.8, 4) is 0 Å². The minimum Gasteiger partial charge on any atom is -0.467 e. The number of fused-ring (bicyclic) bond motifs is 2. The Balaban J connectivity index is 1.91. The zero-order valence-electron chi connectivity index (χ0n) is 11.5. The molecular weight excluding hydrogens is 232 g/mol. The molecule has 3 atom stereocenters. The Morgan fingerprint density at radius 3 is 2.50 bits per heavy atom. The predicted octanol–water partition coefficient (Wildman–Crippen LogP) is 0.125. The van der Waals surface area contributed by atoms with E-state index in [0.29, 0.717) is 24.7 Å². The molecule has 2 bridgehead atoms. The molecule has 3 unspecified atom stereocenters. The van der Waals surface area contributed by atoms with Crippen LogP contribution in [-0.2, 0) is 9.53 Å². The maximum Gasteiger partial charge on any atom is 0.338 e. The van der Waals surface area contributed by atoms with Crippen molar-refractivity contribution in [3.05, 3.63) is 0 Å². The number of carbonyl (C=O) groups excluding carboxylic acids is 1. The highest BCUT2D eigenvalue weighted by molar-refractivity contribution is 5.78. The van der Waals surface area contributed by atoms with E-state index in [1.54, 1.807) is 0 Å². The van der Waals surface area contributed by atoms with E-state index in [-0.39, 0.29) is 0 Å². The lowest BCUT2D eigenvalue weighted by molar-refractivity contribution is -0.162. The molecule has 2 aliphatic rings. The van der Waals surface area contributed by atoms with Gasteiger partial charge in [-0.1, -0.05) is 0 Å². The summed E-state index contributed by atoms with van der Waals surface area (Å²) >= 11 is 0. The maximum absolute atomic E-state index is 11.5. The Labute approximate surface area is 108 Å². The van der Waals surface area contributed by atoms with Gasteiger partial charge in [-0.2, -0.15) is 0 Å². The molecule has 0 spiro atoms. The van der Waals surface area contributed by atoms with Gasteiger partial charge in [-0.25, -0.2) is 4.79 Å². The van der Waals surface area contributed by atoms with Crippen LogP contribution in [0, 0.1) is 0 Å². The summed E-state index contributed by atoms with van der Waals surface area (Å²) in [6.45, 7) is 1.84. The van der Waals surface area contributed by atoms with Gasteiger partial charge in [0.1, 0.15) is 0 Å². The van der Waals surface area contributed by atoms with E-state index in [4.69, 9.17) is 0 Å². The van der Waals surface area contributed by atoms with Crippen LogP contribution in [0.1, 0.15) is 32.6 Å². The second-order valence-corrected chi connectivity index (χ2v) is 5.94. The molecule has 2 saturated heterocycles. The first-order valence-corrected chi connectivity index (χ1v) is 6.69. The van der Waals surface area contributed by atoms with E-state index >= 15 is 0 Å². The highest BCUT2D eigenvalue weighted by atomic mass is 16.5. The second kappa shape index (κ2) is 5.15. The van der Waals surface area contributed by atoms with Gasteiger partial charge in [0.05, 0.1) is 7.11 Å². The summed E-state index contributed by atoms with van der Waals surface area (Å²) < 4.78 is 4.63. The molecule has 18 heavy (non-hydrogen) atoms. The fourth-order valence-electron chi connectivity index (χ4n) is 3.29. The van der Waals surface area contributed by atoms with Crippen LogP contribution >= 0.6 is 0 Å². The summed E-state index contributed by atoms with van der Waals surface area (Å²) in [6, 6.07) is 1.67. The fourth-order valence-corrected chi connectivity index (χ4v) is 3.29. The molecule has 0 saturated carbocycles. The first-order chi connectivity index (χ1) is 8.42. The van der Waals surface area contributed by atoms with Crippen molar-refractivity contribution >= 4 is 5.97 Å². The van der Waals surface area contributed by atoms with Crippen LogP contribution in [0.25, 0.3) is 0 Å². The van der Waals surface area contributed by atoms with Crippen LogP contribution in [-0.4, -0.2) is 60.4 Å². The number of rotatable bonds is 4. The summed E-state index contributed by atoms with van der Waals surface area (Å²) in [5, 5.41) is 13.7. The molecule has 0 aromatic carbocycles. The van der Waals surface area contributed by atoms with Gasteiger partial charge in [-0.15, -0.1) is 0 Å². The van der Waals surface area contributed by atoms with Gasteiger partial charge in [0, 0.05) is 24.7 Å². The molecule has 0 aromatic rings. The number of hydrogen-bond acceptors (Lipinski definition) is 5. The molecule has 2 fully saturated rings. The van der Waals surface area contributed by atoms with E-state index in [2.05, 4.69) is 15.0 Å². The Morgan fingerprint density at radius 2 is 2.00 bits per heavy atom. The zero-order valence-corrected chi connectivity index (χ0v) is 11.5. The van der Waals surface area contributed by atoms with Crippen molar-refractivity contribution in [1.29, 1.82) is 0 Å².